The van der Waals surface area contributed by atoms with Gasteiger partial charge in [-0.05, 0) is 48.5 Å². The van der Waals surface area contributed by atoms with Gasteiger partial charge in [0.1, 0.15) is 0 Å². The van der Waals surface area contributed by atoms with Crippen LogP contribution in [0.3, 0.4) is 0 Å². The molecular weight excluding hydrogens is 430 g/mol. The van der Waals surface area contributed by atoms with Gasteiger partial charge in [-0.3, -0.25) is 9.59 Å². The second kappa shape index (κ2) is 11.3. The van der Waals surface area contributed by atoms with Gasteiger partial charge < -0.3 is 20.1 Å². The summed E-state index contributed by atoms with van der Waals surface area (Å²) in [4.78, 5) is 24.6. The molecule has 2 amide bonds. The van der Waals surface area contributed by atoms with Crippen molar-refractivity contribution in [2.45, 2.75) is 6.61 Å². The number of methoxy groups -OCH3 is 1. The molecule has 0 spiro atoms. The molecule has 3 aromatic rings. The smallest absolute Gasteiger partial charge is 0.387 e. The maximum absolute atomic E-state index is 12.4. The van der Waals surface area contributed by atoms with Crippen LogP contribution >= 0.6 is 0 Å². The van der Waals surface area contributed by atoms with Gasteiger partial charge in [-0.25, -0.2) is 0 Å². The fourth-order valence-corrected chi connectivity index (χ4v) is 2.81. The van der Waals surface area contributed by atoms with E-state index in [0.717, 1.165) is 11.1 Å². The number of ether oxygens (including phenoxy) is 2. The van der Waals surface area contributed by atoms with E-state index in [1.165, 1.54) is 25.3 Å². The van der Waals surface area contributed by atoms with Gasteiger partial charge in [-0.2, -0.15) is 8.78 Å². The first-order chi connectivity index (χ1) is 15.9. The molecule has 0 atom stereocenters. The Morgan fingerprint density at radius 3 is 2.36 bits per heavy atom. The molecule has 3 aromatic carbocycles. The van der Waals surface area contributed by atoms with E-state index in [4.69, 9.17) is 4.74 Å². The van der Waals surface area contributed by atoms with E-state index in [-0.39, 0.29) is 23.6 Å². The molecule has 8 heteroatoms. The van der Waals surface area contributed by atoms with Gasteiger partial charge in [0.15, 0.2) is 11.5 Å². The number of amides is 2. The lowest BCUT2D eigenvalue weighted by Gasteiger charge is -2.11. The molecule has 0 bridgehead atoms. The lowest BCUT2D eigenvalue weighted by Crippen LogP contribution is -2.32. The van der Waals surface area contributed by atoms with Crippen molar-refractivity contribution in [3.8, 4) is 23.3 Å². The van der Waals surface area contributed by atoms with Crippen molar-refractivity contribution in [3.63, 3.8) is 0 Å². The van der Waals surface area contributed by atoms with Gasteiger partial charge in [-0.15, -0.1) is 0 Å². The number of benzene rings is 3. The zero-order valence-corrected chi connectivity index (χ0v) is 17.6. The Morgan fingerprint density at radius 1 is 0.909 bits per heavy atom. The molecule has 0 aliphatic rings. The Bertz CT molecular complexity index is 1190. The van der Waals surface area contributed by atoms with E-state index in [9.17, 15) is 18.4 Å². The number of hydrogen-bond donors (Lipinski definition) is 2. The maximum atomic E-state index is 12.4. The van der Waals surface area contributed by atoms with Crippen LogP contribution in [0.5, 0.6) is 11.5 Å². The van der Waals surface area contributed by atoms with Crippen LogP contribution in [0.15, 0.2) is 72.8 Å². The summed E-state index contributed by atoms with van der Waals surface area (Å²) in [5.41, 5.74) is 2.25. The number of halogens is 2. The lowest BCUT2D eigenvalue weighted by molar-refractivity contribution is -0.115. The minimum Gasteiger partial charge on any atom is -0.493 e. The summed E-state index contributed by atoms with van der Waals surface area (Å²) in [6, 6.07) is 20.3. The topological polar surface area (TPSA) is 76.7 Å². The van der Waals surface area contributed by atoms with E-state index in [1.54, 1.807) is 18.2 Å². The standard InChI is InChI=1S/C25H20F2N2O4/c1-32-22-15-19(12-13-21(22)33-25(26)27)24(31)28-16-23(30)29-20-9-5-8-18(14-20)11-10-17-6-3-2-4-7-17/h2-9,12-15,25H,16H2,1H3,(H,28,31)(H,29,30). The van der Waals surface area contributed by atoms with Gasteiger partial charge in [0, 0.05) is 22.4 Å². The molecule has 0 saturated carbocycles. The Kier molecular flexibility index (Phi) is 7.97. The molecule has 6 nitrogen and oxygen atoms in total. The van der Waals surface area contributed by atoms with Gasteiger partial charge in [0.2, 0.25) is 5.91 Å². The fourth-order valence-electron chi connectivity index (χ4n) is 2.81. The van der Waals surface area contributed by atoms with Crippen LogP contribution in [-0.2, 0) is 4.79 Å². The molecule has 0 aliphatic heterocycles. The molecule has 3 rings (SSSR count). The van der Waals surface area contributed by atoms with Crippen molar-refractivity contribution in [2.24, 2.45) is 0 Å². The predicted molar refractivity (Wildman–Crippen MR) is 119 cm³/mol. The SMILES string of the molecule is COc1cc(C(=O)NCC(=O)Nc2cccc(C#Cc3ccccc3)c2)ccc1OC(F)F. The summed E-state index contributed by atoms with van der Waals surface area (Å²) in [7, 11) is 1.27. The maximum Gasteiger partial charge on any atom is 0.387 e. The quantitative estimate of drug-likeness (QED) is 0.533. The van der Waals surface area contributed by atoms with Crippen molar-refractivity contribution in [3.05, 3.63) is 89.5 Å². The van der Waals surface area contributed by atoms with E-state index < -0.39 is 18.4 Å². The highest BCUT2D eigenvalue weighted by molar-refractivity contribution is 5.99. The monoisotopic (exact) mass is 450 g/mol. The summed E-state index contributed by atoms with van der Waals surface area (Å²) in [6.45, 7) is -3.32. The Labute approximate surface area is 189 Å². The van der Waals surface area contributed by atoms with Crippen molar-refractivity contribution in [2.75, 3.05) is 19.0 Å². The second-order valence-electron chi connectivity index (χ2n) is 6.67. The number of rotatable bonds is 7. The number of alkyl halides is 2. The Hall–Kier alpha value is -4.38. The van der Waals surface area contributed by atoms with Crippen LogP contribution in [0.25, 0.3) is 0 Å². The number of nitrogens with one attached hydrogen (secondary N) is 2. The van der Waals surface area contributed by atoms with Gasteiger partial charge >= 0.3 is 6.61 Å². The number of carbonyl (C=O) groups excluding carboxylic acids is 2. The summed E-state index contributed by atoms with van der Waals surface area (Å²) >= 11 is 0. The third kappa shape index (κ3) is 7.08. The molecular formula is C25H20F2N2O4. The van der Waals surface area contributed by atoms with Crippen molar-refractivity contribution < 1.29 is 27.8 Å². The van der Waals surface area contributed by atoms with Crippen LogP contribution in [0.1, 0.15) is 21.5 Å². The third-order valence-electron chi connectivity index (χ3n) is 4.32. The molecule has 2 N–H and O–H groups in total. The Morgan fingerprint density at radius 2 is 1.64 bits per heavy atom. The summed E-state index contributed by atoms with van der Waals surface area (Å²) in [6.07, 6.45) is 0. The first kappa shape index (κ1) is 23.3. The molecule has 0 saturated heterocycles. The zero-order chi connectivity index (χ0) is 23.6. The highest BCUT2D eigenvalue weighted by atomic mass is 19.3. The number of hydrogen-bond acceptors (Lipinski definition) is 4. The number of carbonyl (C=O) groups is 2. The molecule has 0 unspecified atom stereocenters. The summed E-state index contributed by atoms with van der Waals surface area (Å²) < 4.78 is 34.1. The van der Waals surface area contributed by atoms with Crippen molar-refractivity contribution in [1.82, 2.24) is 5.32 Å². The first-order valence-electron chi connectivity index (χ1n) is 9.82. The molecule has 0 aromatic heterocycles. The summed E-state index contributed by atoms with van der Waals surface area (Å²) in [5, 5.41) is 5.16. The first-order valence-corrected chi connectivity index (χ1v) is 9.82. The van der Waals surface area contributed by atoms with Crippen LogP contribution in [-0.4, -0.2) is 32.1 Å². The Balaban J connectivity index is 1.57. The van der Waals surface area contributed by atoms with Gasteiger partial charge in [-0.1, -0.05) is 36.1 Å². The molecule has 33 heavy (non-hydrogen) atoms. The molecule has 0 aliphatic carbocycles. The van der Waals surface area contributed by atoms with E-state index in [1.807, 2.05) is 36.4 Å². The normalized spacial score (nSPS) is 10.1. The third-order valence-corrected chi connectivity index (χ3v) is 4.32. The zero-order valence-electron chi connectivity index (χ0n) is 17.6. The molecule has 0 radical (unpaired) electrons. The van der Waals surface area contributed by atoms with Gasteiger partial charge in [0.25, 0.3) is 5.91 Å². The van der Waals surface area contributed by atoms with Crippen LogP contribution in [0, 0.1) is 11.8 Å². The predicted octanol–water partition coefficient (Wildman–Crippen LogP) is 4.06. The van der Waals surface area contributed by atoms with E-state index in [0.29, 0.717) is 5.69 Å². The average Bonchev–Trinajstić information content (AvgIpc) is 2.82. The molecule has 168 valence electrons. The highest BCUT2D eigenvalue weighted by Crippen LogP contribution is 2.29. The number of anilines is 1. The highest BCUT2D eigenvalue weighted by Gasteiger charge is 2.15. The summed E-state index contributed by atoms with van der Waals surface area (Å²) in [5.74, 6) is 4.83. The minimum absolute atomic E-state index is 0.0270. The van der Waals surface area contributed by atoms with E-state index in [2.05, 4.69) is 27.2 Å². The average molecular weight is 450 g/mol. The van der Waals surface area contributed by atoms with Crippen LogP contribution < -0.4 is 20.1 Å². The van der Waals surface area contributed by atoms with Crippen LogP contribution in [0.4, 0.5) is 14.5 Å². The van der Waals surface area contributed by atoms with Crippen LogP contribution in [0.2, 0.25) is 0 Å². The lowest BCUT2D eigenvalue weighted by atomic mass is 10.1. The van der Waals surface area contributed by atoms with Gasteiger partial charge in [0.05, 0.1) is 13.7 Å². The fraction of sp³-hybridized carbons (Fsp3) is 0.120. The second-order valence-corrected chi connectivity index (χ2v) is 6.67. The largest absolute Gasteiger partial charge is 0.493 e. The molecule has 0 fully saturated rings. The van der Waals surface area contributed by atoms with Crippen molar-refractivity contribution >= 4 is 17.5 Å². The van der Waals surface area contributed by atoms with Crippen molar-refractivity contribution in [1.29, 1.82) is 0 Å². The minimum atomic E-state index is -3.02. The van der Waals surface area contributed by atoms with E-state index >= 15 is 0 Å². The molecule has 0 heterocycles.